The minimum absolute atomic E-state index is 0.339. The lowest BCUT2D eigenvalue weighted by molar-refractivity contribution is 0.530. The number of benzene rings is 1. The molecule has 1 aromatic carbocycles. The number of sulfonamides is 1. The number of hydrogen-bond donors (Lipinski definition) is 2. The quantitative estimate of drug-likeness (QED) is 0.653. The van der Waals surface area contributed by atoms with Crippen molar-refractivity contribution in [3.8, 4) is 0 Å². The van der Waals surface area contributed by atoms with Gasteiger partial charge in [0.25, 0.3) is 0 Å². The van der Waals surface area contributed by atoms with Crippen molar-refractivity contribution in [2.45, 2.75) is 51.5 Å². The van der Waals surface area contributed by atoms with E-state index in [-0.39, 0.29) is 0 Å². The highest BCUT2D eigenvalue weighted by Gasteiger charge is 2.12. The van der Waals surface area contributed by atoms with Crippen LogP contribution in [0.1, 0.15) is 45.6 Å². The first kappa shape index (κ1) is 18.1. The highest BCUT2D eigenvalue weighted by atomic mass is 32.2. The molecule has 0 aliphatic heterocycles. The van der Waals surface area contributed by atoms with E-state index in [1.165, 1.54) is 0 Å². The summed E-state index contributed by atoms with van der Waals surface area (Å²) in [4.78, 5) is 0.339. The van der Waals surface area contributed by atoms with Gasteiger partial charge in [0.2, 0.25) is 10.0 Å². The van der Waals surface area contributed by atoms with E-state index in [0.717, 1.165) is 37.9 Å². The summed E-state index contributed by atoms with van der Waals surface area (Å²) in [5, 5.41) is 3.22. The Morgan fingerprint density at radius 2 is 1.76 bits per heavy atom. The van der Waals surface area contributed by atoms with Crippen molar-refractivity contribution in [3.63, 3.8) is 0 Å². The number of rotatable bonds is 10. The van der Waals surface area contributed by atoms with Crippen LogP contribution in [0.3, 0.4) is 0 Å². The molecule has 0 radical (unpaired) electrons. The fourth-order valence-electron chi connectivity index (χ4n) is 2.02. The lowest BCUT2D eigenvalue weighted by atomic mass is 10.1. The summed E-state index contributed by atoms with van der Waals surface area (Å²) in [5.41, 5.74) is 1.09. The van der Waals surface area contributed by atoms with Gasteiger partial charge in [0, 0.05) is 13.1 Å². The molecule has 2 N–H and O–H groups in total. The topological polar surface area (TPSA) is 58.2 Å². The summed E-state index contributed by atoms with van der Waals surface area (Å²) in [6.45, 7) is 8.58. The van der Waals surface area contributed by atoms with Crippen molar-refractivity contribution < 1.29 is 8.42 Å². The second-order valence-electron chi connectivity index (χ2n) is 5.71. The van der Waals surface area contributed by atoms with Gasteiger partial charge >= 0.3 is 0 Å². The number of unbranched alkanes of at least 4 members (excludes halogenated alkanes) is 1. The van der Waals surface area contributed by atoms with Gasteiger partial charge in [0.1, 0.15) is 0 Å². The zero-order valence-corrected chi connectivity index (χ0v) is 14.2. The summed E-state index contributed by atoms with van der Waals surface area (Å²) in [6, 6.07) is 7.05. The van der Waals surface area contributed by atoms with Gasteiger partial charge in [-0.05, 0) is 36.6 Å². The van der Waals surface area contributed by atoms with E-state index >= 15 is 0 Å². The number of nitrogens with one attached hydrogen (secondary N) is 2. The second-order valence-corrected chi connectivity index (χ2v) is 7.48. The monoisotopic (exact) mass is 312 g/mol. The van der Waals surface area contributed by atoms with E-state index in [1.807, 2.05) is 19.1 Å². The first-order valence-electron chi connectivity index (χ1n) is 7.75. The van der Waals surface area contributed by atoms with Crippen molar-refractivity contribution >= 4 is 10.0 Å². The number of hydrogen-bond acceptors (Lipinski definition) is 3. The Labute approximate surface area is 129 Å². The standard InChI is InChI=1S/C16H28N2O2S/c1-4-17-13-15-8-10-16(11-9-15)21(19,20)18-12-6-5-7-14(2)3/h8-11,14,17-18H,4-7,12-13H2,1-3H3. The van der Waals surface area contributed by atoms with E-state index in [4.69, 9.17) is 0 Å². The molecule has 0 aromatic heterocycles. The summed E-state index contributed by atoms with van der Waals surface area (Å²) in [7, 11) is -3.37. The maximum absolute atomic E-state index is 12.1. The van der Waals surface area contributed by atoms with Crippen LogP contribution < -0.4 is 10.0 Å². The van der Waals surface area contributed by atoms with Crippen molar-refractivity contribution in [1.82, 2.24) is 10.0 Å². The van der Waals surface area contributed by atoms with Crippen molar-refractivity contribution in [1.29, 1.82) is 0 Å². The van der Waals surface area contributed by atoms with Gasteiger partial charge in [0.15, 0.2) is 0 Å². The van der Waals surface area contributed by atoms with Crippen molar-refractivity contribution in [3.05, 3.63) is 29.8 Å². The van der Waals surface area contributed by atoms with Gasteiger partial charge in [-0.2, -0.15) is 0 Å². The van der Waals surface area contributed by atoms with E-state index in [2.05, 4.69) is 23.9 Å². The summed E-state index contributed by atoms with van der Waals surface area (Å²) in [6.07, 6.45) is 3.08. The molecule has 4 nitrogen and oxygen atoms in total. The van der Waals surface area contributed by atoms with Crippen molar-refractivity contribution in [2.75, 3.05) is 13.1 Å². The molecular weight excluding hydrogens is 284 g/mol. The third kappa shape index (κ3) is 7.07. The van der Waals surface area contributed by atoms with Gasteiger partial charge in [-0.3, -0.25) is 0 Å². The van der Waals surface area contributed by atoms with Gasteiger partial charge in [-0.1, -0.05) is 45.7 Å². The molecule has 1 rings (SSSR count). The van der Waals surface area contributed by atoms with Gasteiger partial charge in [0.05, 0.1) is 4.90 Å². The maximum atomic E-state index is 12.1. The normalized spacial score (nSPS) is 12.0. The predicted octanol–water partition coefficient (Wildman–Crippen LogP) is 2.90. The molecule has 0 unspecified atom stereocenters. The lowest BCUT2D eigenvalue weighted by Crippen LogP contribution is -2.24. The highest BCUT2D eigenvalue weighted by molar-refractivity contribution is 7.89. The molecule has 0 spiro atoms. The largest absolute Gasteiger partial charge is 0.313 e. The molecule has 0 heterocycles. The molecule has 0 saturated carbocycles. The molecule has 0 bridgehead atoms. The van der Waals surface area contributed by atoms with Crippen LogP contribution in [-0.2, 0) is 16.6 Å². The van der Waals surface area contributed by atoms with Crippen LogP contribution in [0.2, 0.25) is 0 Å². The van der Waals surface area contributed by atoms with Gasteiger partial charge in [-0.15, -0.1) is 0 Å². The summed E-state index contributed by atoms with van der Waals surface area (Å²) < 4.78 is 26.9. The fraction of sp³-hybridized carbons (Fsp3) is 0.625. The van der Waals surface area contributed by atoms with E-state index < -0.39 is 10.0 Å². The first-order valence-corrected chi connectivity index (χ1v) is 9.23. The molecule has 0 saturated heterocycles. The molecule has 21 heavy (non-hydrogen) atoms. The Hall–Kier alpha value is -0.910. The Bertz CT molecular complexity index is 496. The predicted molar refractivity (Wildman–Crippen MR) is 87.7 cm³/mol. The zero-order valence-electron chi connectivity index (χ0n) is 13.4. The second kappa shape index (κ2) is 9.18. The van der Waals surface area contributed by atoms with Crippen LogP contribution in [0.15, 0.2) is 29.2 Å². The molecule has 0 aliphatic rings. The van der Waals surface area contributed by atoms with Crippen LogP contribution in [0.5, 0.6) is 0 Å². The van der Waals surface area contributed by atoms with E-state index in [9.17, 15) is 8.42 Å². The van der Waals surface area contributed by atoms with Crippen LogP contribution in [0, 0.1) is 5.92 Å². The molecule has 5 heteroatoms. The molecule has 0 aliphatic carbocycles. The minimum Gasteiger partial charge on any atom is -0.313 e. The van der Waals surface area contributed by atoms with Gasteiger partial charge < -0.3 is 5.32 Å². The molecule has 0 atom stereocenters. The Morgan fingerprint density at radius 1 is 1.10 bits per heavy atom. The lowest BCUT2D eigenvalue weighted by Gasteiger charge is -2.08. The van der Waals surface area contributed by atoms with E-state index in [0.29, 0.717) is 17.4 Å². The van der Waals surface area contributed by atoms with Crippen LogP contribution in [0.4, 0.5) is 0 Å². The maximum Gasteiger partial charge on any atom is 0.240 e. The summed E-state index contributed by atoms with van der Waals surface area (Å²) in [5.74, 6) is 0.672. The SMILES string of the molecule is CCNCc1ccc(S(=O)(=O)NCCCCC(C)C)cc1. The zero-order chi connectivity index (χ0) is 15.7. The molecule has 0 amide bonds. The Kier molecular flexibility index (Phi) is 7.93. The third-order valence-corrected chi connectivity index (χ3v) is 4.79. The first-order chi connectivity index (χ1) is 9.95. The van der Waals surface area contributed by atoms with Crippen LogP contribution >= 0.6 is 0 Å². The molecule has 1 aromatic rings. The van der Waals surface area contributed by atoms with Crippen LogP contribution in [0.25, 0.3) is 0 Å². The smallest absolute Gasteiger partial charge is 0.240 e. The molecule has 0 fully saturated rings. The average molecular weight is 312 g/mol. The fourth-order valence-corrected chi connectivity index (χ4v) is 3.10. The summed E-state index contributed by atoms with van der Waals surface area (Å²) >= 11 is 0. The van der Waals surface area contributed by atoms with Crippen molar-refractivity contribution in [2.24, 2.45) is 5.92 Å². The molecular formula is C16H28N2O2S. The Morgan fingerprint density at radius 3 is 2.33 bits per heavy atom. The minimum atomic E-state index is -3.37. The Balaban J connectivity index is 2.46. The van der Waals surface area contributed by atoms with E-state index in [1.54, 1.807) is 12.1 Å². The average Bonchev–Trinajstić information content (AvgIpc) is 2.44. The van der Waals surface area contributed by atoms with Crippen LogP contribution in [-0.4, -0.2) is 21.5 Å². The van der Waals surface area contributed by atoms with Gasteiger partial charge in [-0.25, -0.2) is 13.1 Å². The third-order valence-electron chi connectivity index (χ3n) is 3.31. The highest BCUT2D eigenvalue weighted by Crippen LogP contribution is 2.11. The molecule has 120 valence electrons.